The van der Waals surface area contributed by atoms with Crippen molar-refractivity contribution < 1.29 is 14.7 Å². The zero-order chi connectivity index (χ0) is 14.8. The predicted octanol–water partition coefficient (Wildman–Crippen LogP) is 2.28. The number of thioether (sulfide) groups is 1. The van der Waals surface area contributed by atoms with Crippen LogP contribution in [0, 0.1) is 0 Å². The molecule has 1 aromatic rings. The van der Waals surface area contributed by atoms with Crippen LogP contribution in [0.5, 0.6) is 0 Å². The molecule has 1 rings (SSSR count). The summed E-state index contributed by atoms with van der Waals surface area (Å²) in [6.45, 7) is 4.25. The third kappa shape index (κ3) is 6.43. The molecule has 0 aromatic heterocycles. The molecule has 0 aliphatic heterocycles. The maximum atomic E-state index is 11.8. The van der Waals surface area contributed by atoms with Gasteiger partial charge >= 0.3 is 5.97 Å². The Balaban J connectivity index is 2.30. The topological polar surface area (TPSA) is 66.4 Å². The van der Waals surface area contributed by atoms with E-state index in [0.29, 0.717) is 18.7 Å². The lowest BCUT2D eigenvalue weighted by Crippen LogP contribution is -2.27. The molecule has 0 fully saturated rings. The van der Waals surface area contributed by atoms with E-state index in [9.17, 15) is 9.59 Å². The summed E-state index contributed by atoms with van der Waals surface area (Å²) >= 11 is 1.29. The molecule has 0 spiro atoms. The Morgan fingerprint density at radius 2 is 2.05 bits per heavy atom. The van der Waals surface area contributed by atoms with E-state index in [1.807, 2.05) is 30.3 Å². The van der Waals surface area contributed by atoms with Gasteiger partial charge < -0.3 is 10.4 Å². The normalized spacial score (nSPS) is 11.6. The molecule has 0 heterocycles. The summed E-state index contributed by atoms with van der Waals surface area (Å²) in [5.74, 6) is -0.216. The van der Waals surface area contributed by atoms with Gasteiger partial charge in [0.25, 0.3) is 0 Å². The van der Waals surface area contributed by atoms with Gasteiger partial charge in [-0.25, -0.2) is 0 Å². The summed E-state index contributed by atoms with van der Waals surface area (Å²) in [4.78, 5) is 22.1. The lowest BCUT2D eigenvalue weighted by molar-refractivity contribution is -0.133. The lowest BCUT2D eigenvalue weighted by Gasteiger charge is -2.12. The van der Waals surface area contributed by atoms with Gasteiger partial charge in [0.05, 0.1) is 5.75 Å². The first kappa shape index (κ1) is 16.3. The fraction of sp³-hybridized carbons (Fsp3) is 0.333. The molecular formula is C15H19NO3S. The van der Waals surface area contributed by atoms with Crippen molar-refractivity contribution in [3.63, 3.8) is 0 Å². The number of hydrogen-bond donors (Lipinski definition) is 2. The van der Waals surface area contributed by atoms with Crippen molar-refractivity contribution in [2.45, 2.75) is 12.3 Å². The number of allylic oxidation sites excluding steroid dienone is 1. The van der Waals surface area contributed by atoms with Crippen molar-refractivity contribution in [2.75, 3.05) is 18.1 Å². The van der Waals surface area contributed by atoms with Crippen molar-refractivity contribution in [3.05, 3.63) is 48.6 Å². The molecule has 1 unspecified atom stereocenters. The number of rotatable bonds is 9. The Morgan fingerprint density at radius 1 is 1.35 bits per heavy atom. The summed E-state index contributed by atoms with van der Waals surface area (Å²) < 4.78 is 0. The zero-order valence-corrected chi connectivity index (χ0v) is 12.1. The maximum Gasteiger partial charge on any atom is 0.313 e. The minimum absolute atomic E-state index is 0.00266. The van der Waals surface area contributed by atoms with Crippen LogP contribution in [0.3, 0.4) is 0 Å². The molecule has 0 radical (unpaired) electrons. The van der Waals surface area contributed by atoms with Crippen molar-refractivity contribution >= 4 is 23.6 Å². The average molecular weight is 293 g/mol. The predicted molar refractivity (Wildman–Crippen MR) is 82.0 cm³/mol. The highest BCUT2D eigenvalue weighted by Gasteiger charge is 2.12. The molecule has 20 heavy (non-hydrogen) atoms. The zero-order valence-electron chi connectivity index (χ0n) is 11.2. The summed E-state index contributed by atoms with van der Waals surface area (Å²) in [5.41, 5.74) is 1.07. The minimum atomic E-state index is -0.836. The molecule has 108 valence electrons. The number of carboxylic acid groups (broad SMARTS) is 1. The lowest BCUT2D eigenvalue weighted by atomic mass is 9.95. The van der Waals surface area contributed by atoms with Crippen LogP contribution < -0.4 is 5.32 Å². The van der Waals surface area contributed by atoms with Gasteiger partial charge in [-0.05, 0) is 5.56 Å². The third-order valence-corrected chi connectivity index (χ3v) is 3.66. The van der Waals surface area contributed by atoms with Crippen molar-refractivity contribution in [1.82, 2.24) is 5.32 Å². The smallest absolute Gasteiger partial charge is 0.313 e. The molecule has 0 bridgehead atoms. The van der Waals surface area contributed by atoms with Gasteiger partial charge in [0.1, 0.15) is 0 Å². The molecule has 4 nitrogen and oxygen atoms in total. The quantitative estimate of drug-likeness (QED) is 0.541. The van der Waals surface area contributed by atoms with Crippen molar-refractivity contribution in [3.8, 4) is 0 Å². The second-order valence-corrected chi connectivity index (χ2v) is 5.36. The molecule has 0 aliphatic rings. The van der Waals surface area contributed by atoms with Crippen LogP contribution in [0.15, 0.2) is 43.0 Å². The average Bonchev–Trinajstić information content (AvgIpc) is 2.45. The molecule has 1 atom stereocenters. The number of nitrogens with one attached hydrogen (secondary N) is 1. The summed E-state index contributed by atoms with van der Waals surface area (Å²) in [7, 11) is 0. The second kappa shape index (κ2) is 9.20. The number of carbonyl (C=O) groups excluding carboxylic acids is 1. The van der Waals surface area contributed by atoms with E-state index < -0.39 is 5.97 Å². The fourth-order valence-electron chi connectivity index (χ4n) is 1.73. The molecule has 2 N–H and O–H groups in total. The largest absolute Gasteiger partial charge is 0.481 e. The Kier molecular flexibility index (Phi) is 7.50. The van der Waals surface area contributed by atoms with E-state index in [4.69, 9.17) is 5.11 Å². The molecule has 0 saturated heterocycles. The minimum Gasteiger partial charge on any atom is -0.481 e. The number of amides is 1. The van der Waals surface area contributed by atoms with E-state index in [2.05, 4.69) is 11.9 Å². The first-order valence-electron chi connectivity index (χ1n) is 6.37. The standard InChI is InChI=1S/C15H19NO3S/c1-2-12(13-6-4-3-5-7-13)10-14(17)16-8-9-20-11-15(18)19/h2-7,12H,1,8-11H2,(H,16,17)(H,18,19). The van der Waals surface area contributed by atoms with E-state index >= 15 is 0 Å². The van der Waals surface area contributed by atoms with Gasteiger partial charge in [-0.3, -0.25) is 9.59 Å². The van der Waals surface area contributed by atoms with Crippen LogP contribution in [0.2, 0.25) is 0 Å². The Bertz CT molecular complexity index is 448. The van der Waals surface area contributed by atoms with Crippen molar-refractivity contribution in [1.29, 1.82) is 0 Å². The van der Waals surface area contributed by atoms with Gasteiger partial charge in [-0.15, -0.1) is 18.3 Å². The van der Waals surface area contributed by atoms with Crippen LogP contribution in [0.4, 0.5) is 0 Å². The van der Waals surface area contributed by atoms with Gasteiger partial charge in [0.2, 0.25) is 5.91 Å². The highest BCUT2D eigenvalue weighted by atomic mass is 32.2. The number of aliphatic carboxylic acids is 1. The SMILES string of the molecule is C=CC(CC(=O)NCCSCC(=O)O)c1ccccc1. The van der Waals surface area contributed by atoms with Gasteiger partial charge in [0, 0.05) is 24.6 Å². The molecule has 5 heteroatoms. The van der Waals surface area contributed by atoms with Crippen molar-refractivity contribution in [2.24, 2.45) is 0 Å². The van der Waals surface area contributed by atoms with Crippen LogP contribution in [-0.4, -0.2) is 35.0 Å². The van der Waals surface area contributed by atoms with E-state index in [1.165, 1.54) is 11.8 Å². The number of hydrogen-bond acceptors (Lipinski definition) is 3. The van der Waals surface area contributed by atoms with Gasteiger partial charge in [0.15, 0.2) is 0 Å². The number of carbonyl (C=O) groups is 2. The van der Waals surface area contributed by atoms with Crippen LogP contribution in [0.25, 0.3) is 0 Å². The maximum absolute atomic E-state index is 11.8. The summed E-state index contributed by atoms with van der Waals surface area (Å²) in [5, 5.41) is 11.3. The Hall–Kier alpha value is -1.75. The first-order valence-corrected chi connectivity index (χ1v) is 7.52. The number of benzene rings is 1. The highest BCUT2D eigenvalue weighted by Crippen LogP contribution is 2.20. The van der Waals surface area contributed by atoms with Gasteiger partial charge in [-0.2, -0.15) is 0 Å². The molecule has 0 saturated carbocycles. The molecule has 0 aliphatic carbocycles. The molecule has 1 amide bonds. The van der Waals surface area contributed by atoms with Gasteiger partial charge in [-0.1, -0.05) is 36.4 Å². The monoisotopic (exact) mass is 293 g/mol. The van der Waals surface area contributed by atoms with E-state index in [-0.39, 0.29) is 17.6 Å². The number of carboxylic acids is 1. The Morgan fingerprint density at radius 3 is 2.65 bits per heavy atom. The molecule has 1 aromatic carbocycles. The summed E-state index contributed by atoms with van der Waals surface area (Å²) in [6, 6.07) is 9.76. The second-order valence-electron chi connectivity index (χ2n) is 4.25. The van der Waals surface area contributed by atoms with E-state index in [1.54, 1.807) is 6.08 Å². The van der Waals surface area contributed by atoms with E-state index in [0.717, 1.165) is 5.56 Å². The van der Waals surface area contributed by atoms with Crippen LogP contribution in [0.1, 0.15) is 17.9 Å². The third-order valence-electron chi connectivity index (χ3n) is 2.71. The molecular weight excluding hydrogens is 274 g/mol. The fourth-order valence-corrected chi connectivity index (χ4v) is 2.30. The summed E-state index contributed by atoms with van der Waals surface area (Å²) in [6.07, 6.45) is 2.13. The van der Waals surface area contributed by atoms with Crippen LogP contribution >= 0.6 is 11.8 Å². The highest BCUT2D eigenvalue weighted by molar-refractivity contribution is 7.99. The van der Waals surface area contributed by atoms with Crippen LogP contribution in [-0.2, 0) is 9.59 Å². The first-order chi connectivity index (χ1) is 9.63. The Labute approximate surface area is 123 Å².